The van der Waals surface area contributed by atoms with Gasteiger partial charge in [0.15, 0.2) is 5.78 Å². The van der Waals surface area contributed by atoms with Crippen molar-refractivity contribution >= 4 is 33.7 Å². The van der Waals surface area contributed by atoms with Crippen LogP contribution < -0.4 is 16.4 Å². The van der Waals surface area contributed by atoms with E-state index < -0.39 is 12.0 Å². The number of amides is 1. The number of carbonyl (C=O) groups excluding carboxylic acids is 2. The number of rotatable bonds is 3. The number of aliphatic hydroxyl groups is 1. The van der Waals surface area contributed by atoms with Gasteiger partial charge in [-0.2, -0.15) is 0 Å². The van der Waals surface area contributed by atoms with Crippen LogP contribution in [0.2, 0.25) is 0 Å². The third-order valence-corrected chi connectivity index (χ3v) is 4.31. The first-order chi connectivity index (χ1) is 8.41. The van der Waals surface area contributed by atoms with E-state index in [0.29, 0.717) is 29.4 Å². The highest BCUT2D eigenvalue weighted by Gasteiger charge is 2.29. The van der Waals surface area contributed by atoms with Gasteiger partial charge in [0.1, 0.15) is 5.00 Å². The van der Waals surface area contributed by atoms with Crippen molar-refractivity contribution in [3.8, 4) is 0 Å². The lowest BCUT2D eigenvalue weighted by atomic mass is 10.2. The van der Waals surface area contributed by atoms with Gasteiger partial charge in [0.25, 0.3) is 5.91 Å². The quantitative estimate of drug-likeness (QED) is 0.679. The summed E-state index contributed by atoms with van der Waals surface area (Å²) in [6, 6.07) is 0. The summed E-state index contributed by atoms with van der Waals surface area (Å²) in [6.45, 7) is 2.45. The lowest BCUT2D eigenvalue weighted by molar-refractivity contribution is 0.100. The Hall–Kier alpha value is -1.60. The molecular formula is C11H15N3O3S. The standard InChI is InChI=1S/C11H15N3O3S/c1-5(15)9-8(12)7(10(13)17)11(18-9)14-3-2-6(16)4-14/h6,16H,2-4,12H2,1H3,(H2,13,17). The van der Waals surface area contributed by atoms with Crippen LogP contribution >= 0.6 is 11.3 Å². The van der Waals surface area contributed by atoms with E-state index in [2.05, 4.69) is 0 Å². The van der Waals surface area contributed by atoms with Crippen molar-refractivity contribution in [2.45, 2.75) is 19.4 Å². The summed E-state index contributed by atoms with van der Waals surface area (Å²) in [4.78, 5) is 25.1. The summed E-state index contributed by atoms with van der Waals surface area (Å²) in [5, 5.41) is 10.1. The molecule has 0 aliphatic carbocycles. The zero-order valence-electron chi connectivity index (χ0n) is 9.97. The molecule has 1 amide bonds. The zero-order chi connectivity index (χ0) is 13.4. The van der Waals surface area contributed by atoms with E-state index in [-0.39, 0.29) is 17.0 Å². The lowest BCUT2D eigenvalue weighted by Gasteiger charge is -2.16. The summed E-state index contributed by atoms with van der Waals surface area (Å²) in [7, 11) is 0. The molecule has 7 heteroatoms. The molecular weight excluding hydrogens is 254 g/mol. The summed E-state index contributed by atoms with van der Waals surface area (Å²) >= 11 is 1.16. The maximum Gasteiger partial charge on any atom is 0.253 e. The third-order valence-electron chi connectivity index (χ3n) is 2.94. The molecule has 1 fully saturated rings. The van der Waals surface area contributed by atoms with Crippen LogP contribution in [0, 0.1) is 0 Å². The minimum Gasteiger partial charge on any atom is -0.397 e. The first-order valence-electron chi connectivity index (χ1n) is 5.57. The molecule has 1 aliphatic rings. The highest BCUT2D eigenvalue weighted by molar-refractivity contribution is 7.19. The van der Waals surface area contributed by atoms with Crippen LogP contribution in [0.1, 0.15) is 33.4 Å². The molecule has 1 unspecified atom stereocenters. The van der Waals surface area contributed by atoms with Crippen molar-refractivity contribution in [3.63, 3.8) is 0 Å². The van der Waals surface area contributed by atoms with E-state index >= 15 is 0 Å². The fraction of sp³-hybridized carbons (Fsp3) is 0.455. The smallest absolute Gasteiger partial charge is 0.253 e. The Morgan fingerprint density at radius 2 is 2.17 bits per heavy atom. The number of anilines is 2. The molecule has 1 aromatic heterocycles. The molecule has 98 valence electrons. The average molecular weight is 269 g/mol. The summed E-state index contributed by atoms with van der Waals surface area (Å²) < 4.78 is 0. The zero-order valence-corrected chi connectivity index (χ0v) is 10.8. The second-order valence-electron chi connectivity index (χ2n) is 4.33. The largest absolute Gasteiger partial charge is 0.397 e. The number of carbonyl (C=O) groups is 2. The Kier molecular flexibility index (Phi) is 3.27. The number of hydrogen-bond donors (Lipinski definition) is 3. The van der Waals surface area contributed by atoms with Crippen molar-refractivity contribution < 1.29 is 14.7 Å². The summed E-state index contributed by atoms with van der Waals surface area (Å²) in [5.74, 6) is -0.835. The minimum absolute atomic E-state index is 0.149. The number of aliphatic hydroxyl groups excluding tert-OH is 1. The Balaban J connectivity index is 2.49. The van der Waals surface area contributed by atoms with Gasteiger partial charge < -0.3 is 21.5 Å². The molecule has 0 bridgehead atoms. The van der Waals surface area contributed by atoms with Gasteiger partial charge in [-0.1, -0.05) is 0 Å². The number of nitrogens with two attached hydrogens (primary N) is 2. The fourth-order valence-electron chi connectivity index (χ4n) is 2.08. The average Bonchev–Trinajstić information content (AvgIpc) is 2.81. The number of hydrogen-bond acceptors (Lipinski definition) is 6. The maximum absolute atomic E-state index is 11.5. The second kappa shape index (κ2) is 4.58. The topological polar surface area (TPSA) is 110 Å². The van der Waals surface area contributed by atoms with Crippen LogP contribution in [0.3, 0.4) is 0 Å². The molecule has 0 saturated carbocycles. The Morgan fingerprint density at radius 3 is 2.61 bits per heavy atom. The van der Waals surface area contributed by atoms with Gasteiger partial charge >= 0.3 is 0 Å². The normalized spacial score (nSPS) is 19.2. The number of β-amino-alcohol motifs (C(OH)–C–C–N with tert-alkyl or cyclic N) is 1. The molecule has 1 atom stereocenters. The molecule has 2 heterocycles. The van der Waals surface area contributed by atoms with Crippen molar-refractivity contribution in [2.24, 2.45) is 5.73 Å². The Bertz CT molecular complexity index is 512. The van der Waals surface area contributed by atoms with E-state index in [9.17, 15) is 14.7 Å². The highest BCUT2D eigenvalue weighted by Crippen LogP contribution is 2.39. The lowest BCUT2D eigenvalue weighted by Crippen LogP contribution is -2.24. The van der Waals surface area contributed by atoms with Crippen LogP contribution in [0.5, 0.6) is 0 Å². The van der Waals surface area contributed by atoms with Gasteiger partial charge in [-0.05, 0) is 6.42 Å². The van der Waals surface area contributed by atoms with E-state index in [0.717, 1.165) is 11.3 Å². The number of nitrogen functional groups attached to an aromatic ring is 1. The fourth-order valence-corrected chi connectivity index (χ4v) is 3.24. The minimum atomic E-state index is -0.646. The van der Waals surface area contributed by atoms with Gasteiger partial charge in [0.2, 0.25) is 0 Å². The molecule has 1 saturated heterocycles. The molecule has 1 aliphatic heterocycles. The van der Waals surface area contributed by atoms with Gasteiger partial charge in [0, 0.05) is 20.0 Å². The Morgan fingerprint density at radius 1 is 1.50 bits per heavy atom. The Labute approximate surface area is 108 Å². The number of thiophene rings is 1. The third kappa shape index (κ3) is 2.06. The highest BCUT2D eigenvalue weighted by atomic mass is 32.1. The van der Waals surface area contributed by atoms with E-state index in [1.165, 1.54) is 6.92 Å². The molecule has 1 aromatic rings. The maximum atomic E-state index is 11.5. The van der Waals surface area contributed by atoms with E-state index in [4.69, 9.17) is 11.5 Å². The molecule has 5 N–H and O–H groups in total. The van der Waals surface area contributed by atoms with Gasteiger partial charge in [-0.3, -0.25) is 9.59 Å². The van der Waals surface area contributed by atoms with Gasteiger partial charge in [0.05, 0.1) is 22.2 Å². The number of nitrogens with zero attached hydrogens (tertiary/aromatic N) is 1. The summed E-state index contributed by atoms with van der Waals surface area (Å²) in [5.41, 5.74) is 11.5. The number of Topliss-reactive ketones (excluding diaryl/α,β-unsaturated/α-hetero) is 1. The molecule has 6 nitrogen and oxygen atoms in total. The van der Waals surface area contributed by atoms with Crippen LogP contribution in [0.15, 0.2) is 0 Å². The summed E-state index contributed by atoms with van der Waals surface area (Å²) in [6.07, 6.45) is 0.209. The van der Waals surface area contributed by atoms with Crippen LogP contribution in [0.4, 0.5) is 10.7 Å². The SMILES string of the molecule is CC(=O)c1sc(N2CCC(O)C2)c(C(N)=O)c1N. The molecule has 0 spiro atoms. The molecule has 2 rings (SSSR count). The van der Waals surface area contributed by atoms with Crippen LogP contribution in [0.25, 0.3) is 0 Å². The monoisotopic (exact) mass is 269 g/mol. The van der Waals surface area contributed by atoms with Crippen LogP contribution in [-0.4, -0.2) is 36.0 Å². The van der Waals surface area contributed by atoms with Crippen molar-refractivity contribution in [1.29, 1.82) is 0 Å². The predicted molar refractivity (Wildman–Crippen MR) is 70.1 cm³/mol. The molecule has 0 radical (unpaired) electrons. The van der Waals surface area contributed by atoms with Crippen molar-refractivity contribution in [3.05, 3.63) is 10.4 Å². The number of primary amides is 1. The second-order valence-corrected chi connectivity index (χ2v) is 5.33. The van der Waals surface area contributed by atoms with E-state index in [1.54, 1.807) is 0 Å². The van der Waals surface area contributed by atoms with Gasteiger partial charge in [-0.25, -0.2) is 0 Å². The predicted octanol–water partition coefficient (Wildman–Crippen LogP) is 0.203. The first kappa shape index (κ1) is 12.8. The van der Waals surface area contributed by atoms with Gasteiger partial charge in [-0.15, -0.1) is 11.3 Å². The van der Waals surface area contributed by atoms with Crippen molar-refractivity contribution in [2.75, 3.05) is 23.7 Å². The van der Waals surface area contributed by atoms with Crippen LogP contribution in [-0.2, 0) is 0 Å². The molecule has 18 heavy (non-hydrogen) atoms. The van der Waals surface area contributed by atoms with E-state index in [1.807, 2.05) is 4.90 Å². The van der Waals surface area contributed by atoms with Crippen molar-refractivity contribution in [1.82, 2.24) is 0 Å². The number of ketones is 1. The molecule has 0 aromatic carbocycles. The first-order valence-corrected chi connectivity index (χ1v) is 6.39.